The first-order valence-corrected chi connectivity index (χ1v) is 12.1. The number of hydrogen-bond donors (Lipinski definition) is 0. The summed E-state index contributed by atoms with van der Waals surface area (Å²) in [5.74, 6) is -1.82. The number of anilines is 1. The number of carbonyl (C=O) groups excluding carboxylic acids is 3. The zero-order valence-corrected chi connectivity index (χ0v) is 20.8. The second-order valence-corrected chi connectivity index (χ2v) is 9.64. The molecule has 5 rings (SSSR count). The van der Waals surface area contributed by atoms with Crippen molar-refractivity contribution < 1.29 is 23.2 Å². The van der Waals surface area contributed by atoms with Crippen LogP contribution in [0, 0.1) is 5.82 Å². The van der Waals surface area contributed by atoms with E-state index in [9.17, 15) is 18.8 Å². The maximum atomic E-state index is 14.5. The minimum atomic E-state index is -1.05. The highest BCUT2D eigenvalue weighted by molar-refractivity contribution is 6.23. The van der Waals surface area contributed by atoms with Crippen molar-refractivity contribution in [3.8, 4) is 11.5 Å². The minimum Gasteiger partial charge on any atom is -0.436 e. The number of amides is 3. The van der Waals surface area contributed by atoms with Gasteiger partial charge in [0.05, 0.1) is 17.7 Å². The largest absolute Gasteiger partial charge is 0.436 e. The second kappa shape index (κ2) is 9.28. The third-order valence-electron chi connectivity index (χ3n) is 6.94. The fourth-order valence-corrected chi connectivity index (χ4v) is 4.61. The fraction of sp³-hybridized carbons (Fsp3) is 0.241. The third-order valence-corrected chi connectivity index (χ3v) is 6.94. The van der Waals surface area contributed by atoms with Crippen LogP contribution in [-0.2, 0) is 9.59 Å². The van der Waals surface area contributed by atoms with Gasteiger partial charge in [-0.15, -0.1) is 0 Å². The highest BCUT2D eigenvalue weighted by Gasteiger charge is 2.48. The van der Waals surface area contributed by atoms with Crippen LogP contribution in [0.5, 0.6) is 0 Å². The Bertz CT molecular complexity index is 1480. The molecule has 1 fully saturated rings. The van der Waals surface area contributed by atoms with Crippen LogP contribution in [0.3, 0.4) is 0 Å². The number of benzene rings is 3. The van der Waals surface area contributed by atoms with Gasteiger partial charge in [-0.05, 0) is 68.8 Å². The van der Waals surface area contributed by atoms with Gasteiger partial charge in [-0.25, -0.2) is 14.3 Å². The molecule has 1 aliphatic rings. The van der Waals surface area contributed by atoms with Crippen molar-refractivity contribution in [3.63, 3.8) is 0 Å². The summed E-state index contributed by atoms with van der Waals surface area (Å²) in [6, 6.07) is 18.8. The standard InChI is InChI=1S/C29H26FN3O4/c1-4-29(2,3)33(27(35)20-9-5-6-10-21(20)30)23-17-25(34)32(28(23)36)19-15-13-18(14-16-19)26-31-22-11-7-8-12-24(22)37-26/h5-16,23H,4,17H2,1-3H3. The molecular formula is C29H26FN3O4. The maximum absolute atomic E-state index is 14.5. The number of halogens is 1. The number of fused-ring (bicyclic) bond motifs is 1. The van der Waals surface area contributed by atoms with Crippen LogP contribution in [0.15, 0.2) is 77.2 Å². The van der Waals surface area contributed by atoms with E-state index in [1.54, 1.807) is 44.2 Å². The number of para-hydroxylation sites is 2. The van der Waals surface area contributed by atoms with E-state index in [2.05, 4.69) is 4.98 Å². The molecule has 0 saturated carbocycles. The van der Waals surface area contributed by atoms with Crippen molar-refractivity contribution in [2.24, 2.45) is 0 Å². The zero-order valence-electron chi connectivity index (χ0n) is 20.8. The molecule has 0 spiro atoms. The quantitative estimate of drug-likeness (QED) is 0.323. The molecule has 1 aliphatic heterocycles. The van der Waals surface area contributed by atoms with Crippen LogP contribution in [-0.4, -0.2) is 39.2 Å². The first-order chi connectivity index (χ1) is 17.7. The number of rotatable bonds is 6. The minimum absolute atomic E-state index is 0.134. The van der Waals surface area contributed by atoms with Gasteiger partial charge in [-0.3, -0.25) is 14.4 Å². The highest BCUT2D eigenvalue weighted by Crippen LogP contribution is 2.34. The Labute approximate surface area is 213 Å². The molecule has 0 N–H and O–H groups in total. The van der Waals surface area contributed by atoms with E-state index >= 15 is 0 Å². The van der Waals surface area contributed by atoms with E-state index in [1.165, 1.54) is 23.1 Å². The molecule has 3 aromatic carbocycles. The topological polar surface area (TPSA) is 83.7 Å². The Morgan fingerprint density at radius 1 is 1.05 bits per heavy atom. The van der Waals surface area contributed by atoms with Crippen molar-refractivity contribution in [3.05, 3.63) is 84.2 Å². The Morgan fingerprint density at radius 3 is 2.41 bits per heavy atom. The molecular weight excluding hydrogens is 473 g/mol. The third kappa shape index (κ3) is 4.28. The van der Waals surface area contributed by atoms with Gasteiger partial charge >= 0.3 is 0 Å². The van der Waals surface area contributed by atoms with Gasteiger partial charge in [-0.2, -0.15) is 0 Å². The fourth-order valence-electron chi connectivity index (χ4n) is 4.61. The van der Waals surface area contributed by atoms with Crippen LogP contribution in [0.25, 0.3) is 22.6 Å². The molecule has 1 unspecified atom stereocenters. The summed E-state index contributed by atoms with van der Waals surface area (Å²) in [7, 11) is 0. The number of hydrogen-bond acceptors (Lipinski definition) is 5. The first-order valence-electron chi connectivity index (χ1n) is 12.1. The molecule has 0 aliphatic carbocycles. The summed E-state index contributed by atoms with van der Waals surface area (Å²) >= 11 is 0. The van der Waals surface area contributed by atoms with E-state index in [-0.39, 0.29) is 12.0 Å². The average Bonchev–Trinajstić information content (AvgIpc) is 3.45. The molecule has 1 aromatic heterocycles. The first kappa shape index (κ1) is 24.4. The molecule has 188 valence electrons. The van der Waals surface area contributed by atoms with Crippen molar-refractivity contribution >= 4 is 34.5 Å². The lowest BCUT2D eigenvalue weighted by Gasteiger charge is -2.41. The van der Waals surface area contributed by atoms with Gasteiger partial charge in [0.25, 0.3) is 11.8 Å². The highest BCUT2D eigenvalue weighted by atomic mass is 19.1. The Morgan fingerprint density at radius 2 is 1.73 bits per heavy atom. The number of aromatic nitrogens is 1. The van der Waals surface area contributed by atoms with E-state index in [4.69, 9.17) is 4.42 Å². The molecule has 3 amide bonds. The molecule has 0 radical (unpaired) electrons. The summed E-state index contributed by atoms with van der Waals surface area (Å²) in [5, 5.41) is 0. The Balaban J connectivity index is 1.45. The number of carbonyl (C=O) groups is 3. The van der Waals surface area contributed by atoms with Crippen LogP contribution >= 0.6 is 0 Å². The number of oxazole rings is 1. The SMILES string of the molecule is CCC(C)(C)N(C(=O)c1ccccc1F)C1CC(=O)N(c2ccc(-c3nc4ccccc4o3)cc2)C1=O. The lowest BCUT2D eigenvalue weighted by Crippen LogP contribution is -2.55. The van der Waals surface area contributed by atoms with Crippen LogP contribution < -0.4 is 4.90 Å². The van der Waals surface area contributed by atoms with E-state index in [0.29, 0.717) is 29.1 Å². The van der Waals surface area contributed by atoms with Crippen molar-refractivity contribution in [1.29, 1.82) is 0 Å². The van der Waals surface area contributed by atoms with E-state index in [0.717, 1.165) is 10.4 Å². The molecule has 0 bridgehead atoms. The summed E-state index contributed by atoms with van der Waals surface area (Å²) in [4.78, 5) is 47.1. The average molecular weight is 500 g/mol. The molecule has 8 heteroatoms. The lowest BCUT2D eigenvalue weighted by atomic mass is 9.94. The molecule has 1 atom stereocenters. The lowest BCUT2D eigenvalue weighted by molar-refractivity contribution is -0.123. The number of imide groups is 1. The molecule has 37 heavy (non-hydrogen) atoms. The van der Waals surface area contributed by atoms with E-state index < -0.39 is 35.1 Å². The van der Waals surface area contributed by atoms with Crippen LogP contribution in [0.1, 0.15) is 44.0 Å². The molecule has 4 aromatic rings. The summed E-state index contributed by atoms with van der Waals surface area (Å²) < 4.78 is 20.3. The van der Waals surface area contributed by atoms with Crippen LogP contribution in [0.4, 0.5) is 10.1 Å². The zero-order chi connectivity index (χ0) is 26.3. The van der Waals surface area contributed by atoms with Gasteiger partial charge in [-0.1, -0.05) is 31.2 Å². The van der Waals surface area contributed by atoms with Crippen molar-refractivity contribution in [2.75, 3.05) is 4.90 Å². The summed E-state index contributed by atoms with van der Waals surface area (Å²) in [6.45, 7) is 5.49. The van der Waals surface area contributed by atoms with Gasteiger partial charge in [0.15, 0.2) is 5.58 Å². The van der Waals surface area contributed by atoms with Gasteiger partial charge in [0.1, 0.15) is 17.4 Å². The van der Waals surface area contributed by atoms with Crippen molar-refractivity contribution in [1.82, 2.24) is 9.88 Å². The Kier molecular flexibility index (Phi) is 6.11. The van der Waals surface area contributed by atoms with E-state index in [1.807, 2.05) is 31.2 Å². The summed E-state index contributed by atoms with van der Waals surface area (Å²) in [5.41, 5.74) is 1.53. The predicted molar refractivity (Wildman–Crippen MR) is 137 cm³/mol. The van der Waals surface area contributed by atoms with Gasteiger partial charge < -0.3 is 9.32 Å². The van der Waals surface area contributed by atoms with Crippen LogP contribution in [0.2, 0.25) is 0 Å². The second-order valence-electron chi connectivity index (χ2n) is 9.64. The van der Waals surface area contributed by atoms with Gasteiger partial charge in [0.2, 0.25) is 11.8 Å². The Hall–Kier alpha value is -4.33. The smallest absolute Gasteiger partial charge is 0.257 e. The maximum Gasteiger partial charge on any atom is 0.257 e. The normalized spacial score (nSPS) is 16.0. The predicted octanol–water partition coefficient (Wildman–Crippen LogP) is 5.60. The van der Waals surface area contributed by atoms with Crippen molar-refractivity contribution in [2.45, 2.75) is 45.2 Å². The molecule has 7 nitrogen and oxygen atoms in total. The van der Waals surface area contributed by atoms with Gasteiger partial charge in [0, 0.05) is 11.1 Å². The summed E-state index contributed by atoms with van der Waals surface area (Å²) in [6.07, 6.45) is 0.319. The number of nitrogens with zero attached hydrogens (tertiary/aromatic N) is 3. The molecule has 2 heterocycles. The molecule has 1 saturated heterocycles. The monoisotopic (exact) mass is 499 g/mol.